The summed E-state index contributed by atoms with van der Waals surface area (Å²) in [5, 5.41) is 8.92. The van der Waals surface area contributed by atoms with Gasteiger partial charge in [-0.25, -0.2) is 15.0 Å². The molecule has 1 aliphatic rings. The molecule has 1 aliphatic carbocycles. The summed E-state index contributed by atoms with van der Waals surface area (Å²) in [6.45, 7) is 0.949. The monoisotopic (exact) mass is 245 g/mol. The number of hydrogen-bond acceptors (Lipinski definition) is 5. The summed E-state index contributed by atoms with van der Waals surface area (Å²) >= 11 is 0. The number of fused-ring (bicyclic) bond motifs is 1. The predicted molar refractivity (Wildman–Crippen MR) is 67.6 cm³/mol. The summed E-state index contributed by atoms with van der Waals surface area (Å²) in [5.41, 5.74) is 8.50. The molecule has 1 unspecified atom stereocenters. The Bertz CT molecular complexity index is 604. The highest BCUT2D eigenvalue weighted by atomic mass is 16.2. The minimum atomic E-state index is 0.117. The summed E-state index contributed by atoms with van der Waals surface area (Å²) < 4.78 is 2.00. The molecule has 2 aromatic heterocycles. The van der Waals surface area contributed by atoms with Gasteiger partial charge in [0.25, 0.3) is 0 Å². The SMILES string of the molecule is Nc1ncnc2c1ncn2CC1CCC1=CCO. The molecule has 0 aliphatic heterocycles. The van der Waals surface area contributed by atoms with Crippen molar-refractivity contribution in [3.8, 4) is 0 Å². The van der Waals surface area contributed by atoms with Crippen LogP contribution >= 0.6 is 0 Å². The van der Waals surface area contributed by atoms with Gasteiger partial charge in [-0.3, -0.25) is 0 Å². The van der Waals surface area contributed by atoms with Crippen LogP contribution in [0.4, 0.5) is 5.82 Å². The molecule has 0 aromatic carbocycles. The van der Waals surface area contributed by atoms with E-state index in [1.54, 1.807) is 6.33 Å². The lowest BCUT2D eigenvalue weighted by Gasteiger charge is -2.30. The van der Waals surface area contributed by atoms with Gasteiger partial charge < -0.3 is 15.4 Å². The lowest BCUT2D eigenvalue weighted by Crippen LogP contribution is -2.21. The second-order valence-electron chi connectivity index (χ2n) is 4.53. The molecule has 3 rings (SSSR count). The van der Waals surface area contributed by atoms with Crippen LogP contribution in [-0.4, -0.2) is 31.2 Å². The van der Waals surface area contributed by atoms with Gasteiger partial charge in [0.15, 0.2) is 11.5 Å². The molecule has 94 valence electrons. The average molecular weight is 245 g/mol. The first kappa shape index (κ1) is 11.2. The Morgan fingerprint density at radius 3 is 3.06 bits per heavy atom. The molecule has 6 heteroatoms. The Morgan fingerprint density at radius 2 is 2.33 bits per heavy atom. The van der Waals surface area contributed by atoms with Crippen molar-refractivity contribution in [2.45, 2.75) is 19.4 Å². The van der Waals surface area contributed by atoms with Crippen LogP contribution in [0.2, 0.25) is 0 Å². The number of anilines is 1. The van der Waals surface area contributed by atoms with Crippen molar-refractivity contribution >= 4 is 17.0 Å². The van der Waals surface area contributed by atoms with Gasteiger partial charge in [-0.2, -0.15) is 0 Å². The van der Waals surface area contributed by atoms with Crippen molar-refractivity contribution < 1.29 is 5.11 Å². The molecule has 1 saturated carbocycles. The quantitative estimate of drug-likeness (QED) is 0.778. The number of nitrogens with zero attached hydrogens (tertiary/aromatic N) is 4. The van der Waals surface area contributed by atoms with Crippen LogP contribution in [0.25, 0.3) is 11.2 Å². The fourth-order valence-corrected chi connectivity index (χ4v) is 2.38. The highest BCUT2D eigenvalue weighted by Gasteiger charge is 2.24. The number of nitrogen functional groups attached to an aromatic ring is 1. The van der Waals surface area contributed by atoms with E-state index in [1.165, 1.54) is 11.9 Å². The molecular formula is C12H15N5O. The molecule has 0 spiro atoms. The van der Waals surface area contributed by atoms with Crippen molar-refractivity contribution in [2.75, 3.05) is 12.3 Å². The first-order valence-corrected chi connectivity index (χ1v) is 6.00. The summed E-state index contributed by atoms with van der Waals surface area (Å²) in [6.07, 6.45) is 7.34. The molecule has 2 heterocycles. The number of allylic oxidation sites excluding steroid dienone is 1. The largest absolute Gasteiger partial charge is 0.392 e. The molecule has 18 heavy (non-hydrogen) atoms. The van der Waals surface area contributed by atoms with Crippen LogP contribution in [0.1, 0.15) is 12.8 Å². The van der Waals surface area contributed by atoms with Crippen molar-refractivity contribution in [1.29, 1.82) is 0 Å². The molecule has 0 amide bonds. The van der Waals surface area contributed by atoms with Gasteiger partial charge in [0.2, 0.25) is 0 Å². The first-order chi connectivity index (χ1) is 8.79. The Kier molecular flexibility index (Phi) is 2.71. The fraction of sp³-hybridized carbons (Fsp3) is 0.417. The maximum atomic E-state index is 8.92. The van der Waals surface area contributed by atoms with Gasteiger partial charge in [-0.15, -0.1) is 0 Å². The van der Waals surface area contributed by atoms with E-state index in [1.807, 2.05) is 10.6 Å². The topological polar surface area (TPSA) is 89.9 Å². The number of aliphatic hydroxyl groups is 1. The van der Waals surface area contributed by atoms with Gasteiger partial charge >= 0.3 is 0 Å². The molecule has 1 fully saturated rings. The predicted octanol–water partition coefficient (Wildman–Crippen LogP) is 0.737. The standard InChI is InChI=1S/C12H15N5O/c13-11-10-12(15-6-14-11)17(7-16-10)5-9-2-1-8(9)3-4-18/h3,6-7,9,18H,1-2,4-5H2,(H2,13,14,15). The number of aliphatic hydroxyl groups excluding tert-OH is 1. The minimum absolute atomic E-state index is 0.117. The number of imidazole rings is 1. The van der Waals surface area contributed by atoms with Gasteiger partial charge in [0, 0.05) is 6.54 Å². The molecule has 0 radical (unpaired) electrons. The van der Waals surface area contributed by atoms with E-state index in [4.69, 9.17) is 10.8 Å². The Balaban J connectivity index is 1.88. The third kappa shape index (κ3) is 1.74. The molecular weight excluding hydrogens is 230 g/mol. The van der Waals surface area contributed by atoms with Crippen molar-refractivity contribution in [1.82, 2.24) is 19.5 Å². The smallest absolute Gasteiger partial charge is 0.165 e. The van der Waals surface area contributed by atoms with Crippen molar-refractivity contribution in [2.24, 2.45) is 5.92 Å². The highest BCUT2D eigenvalue weighted by molar-refractivity contribution is 5.81. The third-order valence-electron chi connectivity index (χ3n) is 3.51. The van der Waals surface area contributed by atoms with E-state index in [0.717, 1.165) is 25.0 Å². The van der Waals surface area contributed by atoms with E-state index in [0.29, 0.717) is 17.3 Å². The van der Waals surface area contributed by atoms with E-state index in [9.17, 15) is 0 Å². The summed E-state index contributed by atoms with van der Waals surface area (Å²) in [4.78, 5) is 12.4. The normalized spacial score (nSPS) is 21.4. The number of nitrogens with two attached hydrogens (primary N) is 1. The van der Waals surface area contributed by atoms with Crippen LogP contribution in [0.5, 0.6) is 0 Å². The average Bonchev–Trinajstić information content (AvgIpc) is 2.76. The summed E-state index contributed by atoms with van der Waals surface area (Å²) in [6, 6.07) is 0. The summed E-state index contributed by atoms with van der Waals surface area (Å²) in [7, 11) is 0. The number of hydrogen-bond donors (Lipinski definition) is 2. The lowest BCUT2D eigenvalue weighted by atomic mass is 9.79. The van der Waals surface area contributed by atoms with Crippen LogP contribution in [0.15, 0.2) is 24.3 Å². The van der Waals surface area contributed by atoms with Gasteiger partial charge in [-0.05, 0) is 18.8 Å². The lowest BCUT2D eigenvalue weighted by molar-refractivity contribution is 0.329. The molecule has 1 atom stereocenters. The van der Waals surface area contributed by atoms with E-state index >= 15 is 0 Å². The molecule has 0 saturated heterocycles. The Labute approximate surface area is 104 Å². The second kappa shape index (κ2) is 4.38. The van der Waals surface area contributed by atoms with Crippen LogP contribution < -0.4 is 5.73 Å². The molecule has 3 N–H and O–H groups in total. The van der Waals surface area contributed by atoms with Gasteiger partial charge in [0.1, 0.15) is 11.8 Å². The zero-order valence-electron chi connectivity index (χ0n) is 9.95. The second-order valence-corrected chi connectivity index (χ2v) is 4.53. The van der Waals surface area contributed by atoms with E-state index in [2.05, 4.69) is 15.0 Å². The fourth-order valence-electron chi connectivity index (χ4n) is 2.38. The van der Waals surface area contributed by atoms with E-state index in [-0.39, 0.29) is 6.61 Å². The van der Waals surface area contributed by atoms with Gasteiger partial charge in [-0.1, -0.05) is 11.6 Å². The van der Waals surface area contributed by atoms with Crippen molar-refractivity contribution in [3.63, 3.8) is 0 Å². The maximum Gasteiger partial charge on any atom is 0.165 e. The number of aromatic nitrogens is 4. The zero-order valence-corrected chi connectivity index (χ0v) is 9.95. The molecule has 6 nitrogen and oxygen atoms in total. The van der Waals surface area contributed by atoms with Crippen LogP contribution in [0.3, 0.4) is 0 Å². The molecule has 2 aromatic rings. The molecule has 0 bridgehead atoms. The van der Waals surface area contributed by atoms with Crippen molar-refractivity contribution in [3.05, 3.63) is 24.3 Å². The van der Waals surface area contributed by atoms with E-state index < -0.39 is 0 Å². The Hall–Kier alpha value is -1.95. The van der Waals surface area contributed by atoms with Crippen LogP contribution in [-0.2, 0) is 6.54 Å². The minimum Gasteiger partial charge on any atom is -0.392 e. The summed E-state index contributed by atoms with van der Waals surface area (Å²) in [5.74, 6) is 0.893. The van der Waals surface area contributed by atoms with Gasteiger partial charge in [0.05, 0.1) is 12.9 Å². The maximum absolute atomic E-state index is 8.92. The zero-order chi connectivity index (χ0) is 12.5. The number of rotatable bonds is 3. The Morgan fingerprint density at radius 1 is 1.44 bits per heavy atom. The van der Waals surface area contributed by atoms with Crippen LogP contribution in [0, 0.1) is 5.92 Å². The first-order valence-electron chi connectivity index (χ1n) is 6.00. The third-order valence-corrected chi connectivity index (χ3v) is 3.51. The highest BCUT2D eigenvalue weighted by Crippen LogP contribution is 2.35.